The lowest BCUT2D eigenvalue weighted by Crippen LogP contribution is -2.47. The first-order valence-corrected chi connectivity index (χ1v) is 9.62. The minimum atomic E-state index is -4.86. The van der Waals surface area contributed by atoms with Crippen LogP contribution < -0.4 is 10.6 Å². The molecule has 0 radical (unpaired) electrons. The Balaban J connectivity index is 2.08. The zero-order chi connectivity index (χ0) is 20.9. The van der Waals surface area contributed by atoms with Crippen molar-refractivity contribution in [1.82, 2.24) is 25.2 Å². The zero-order valence-corrected chi connectivity index (χ0v) is 17.1. The number of halogens is 3. The molecule has 3 N–H and O–H groups in total. The smallest absolute Gasteiger partial charge is 0.374 e. The summed E-state index contributed by atoms with van der Waals surface area (Å²) in [4.78, 5) is 13.4. The molecule has 2 heterocycles. The third kappa shape index (κ3) is 5.02. The number of thiazole rings is 1. The molecule has 1 unspecified atom stereocenters. The van der Waals surface area contributed by atoms with Gasteiger partial charge >= 0.3 is 6.18 Å². The van der Waals surface area contributed by atoms with Gasteiger partial charge in [0, 0.05) is 43.8 Å². The molecule has 2 rings (SSSR count). The summed E-state index contributed by atoms with van der Waals surface area (Å²) in [6, 6.07) is 0. The molecule has 0 aliphatic rings. The van der Waals surface area contributed by atoms with Crippen LogP contribution >= 0.6 is 11.3 Å². The van der Waals surface area contributed by atoms with E-state index in [9.17, 15) is 18.3 Å². The molecule has 0 fully saturated rings. The summed E-state index contributed by atoms with van der Waals surface area (Å²) in [5.41, 5.74) is -2.16. The van der Waals surface area contributed by atoms with Crippen LogP contribution in [0.1, 0.15) is 34.7 Å². The van der Waals surface area contributed by atoms with E-state index in [1.54, 1.807) is 0 Å². The Morgan fingerprint density at radius 1 is 1.32 bits per heavy atom. The van der Waals surface area contributed by atoms with Gasteiger partial charge in [0.05, 0.1) is 17.2 Å². The first-order chi connectivity index (χ1) is 13.1. The number of rotatable bonds is 7. The Hall–Kier alpha value is -2.14. The van der Waals surface area contributed by atoms with E-state index in [-0.39, 0.29) is 6.54 Å². The zero-order valence-electron chi connectivity index (χ0n) is 16.3. The second-order valence-electron chi connectivity index (χ2n) is 6.33. The molecular formula is C17H25F3N6OS. The molecule has 0 aromatic carbocycles. The van der Waals surface area contributed by atoms with Crippen LogP contribution in [-0.4, -0.2) is 44.9 Å². The minimum absolute atomic E-state index is 0.143. The summed E-state index contributed by atoms with van der Waals surface area (Å²) in [6.45, 7) is 6.44. The van der Waals surface area contributed by atoms with E-state index < -0.39 is 24.0 Å². The summed E-state index contributed by atoms with van der Waals surface area (Å²) in [5, 5.41) is 17.1. The van der Waals surface area contributed by atoms with Gasteiger partial charge < -0.3 is 20.3 Å². The molecule has 11 heteroatoms. The monoisotopic (exact) mass is 418 g/mol. The molecule has 7 nitrogen and oxygen atoms in total. The summed E-state index contributed by atoms with van der Waals surface area (Å²) in [5.74, 6) is -0.0724. The van der Waals surface area contributed by atoms with Crippen LogP contribution in [-0.2, 0) is 19.2 Å². The molecule has 0 spiro atoms. The van der Waals surface area contributed by atoms with Crippen molar-refractivity contribution in [2.45, 2.75) is 45.5 Å². The molecule has 2 aromatic heterocycles. The van der Waals surface area contributed by atoms with Crippen molar-refractivity contribution in [1.29, 1.82) is 0 Å². The number of imidazole rings is 1. The molecule has 0 amide bonds. The second-order valence-corrected chi connectivity index (χ2v) is 7.62. The number of aliphatic hydroxyl groups is 1. The van der Waals surface area contributed by atoms with Gasteiger partial charge in [0.25, 0.3) is 0 Å². The van der Waals surface area contributed by atoms with E-state index in [1.165, 1.54) is 35.3 Å². The average molecular weight is 418 g/mol. The number of aryl methyl sites for hydroxylation is 3. The number of guanidine groups is 1. The van der Waals surface area contributed by atoms with Crippen LogP contribution in [0.4, 0.5) is 13.2 Å². The van der Waals surface area contributed by atoms with E-state index in [0.717, 1.165) is 15.6 Å². The number of aliphatic imine (C=N–C) groups is 1. The van der Waals surface area contributed by atoms with Gasteiger partial charge in [0.2, 0.25) is 5.60 Å². The lowest BCUT2D eigenvalue weighted by molar-refractivity contribution is -0.272. The highest BCUT2D eigenvalue weighted by atomic mass is 32.1. The van der Waals surface area contributed by atoms with Gasteiger partial charge in [-0.3, -0.25) is 0 Å². The fraction of sp³-hybridized carbons (Fsp3) is 0.588. The number of alkyl halides is 3. The van der Waals surface area contributed by atoms with Crippen molar-refractivity contribution in [3.63, 3.8) is 0 Å². The number of hydrogen-bond acceptors (Lipinski definition) is 5. The van der Waals surface area contributed by atoms with Gasteiger partial charge in [-0.1, -0.05) is 0 Å². The highest BCUT2D eigenvalue weighted by molar-refractivity contribution is 7.11. The van der Waals surface area contributed by atoms with Crippen molar-refractivity contribution in [2.75, 3.05) is 13.1 Å². The average Bonchev–Trinajstić information content (AvgIpc) is 3.16. The van der Waals surface area contributed by atoms with Crippen LogP contribution in [0.25, 0.3) is 0 Å². The molecule has 0 saturated heterocycles. The molecule has 0 bridgehead atoms. The van der Waals surface area contributed by atoms with Crippen LogP contribution in [0.3, 0.4) is 0 Å². The summed E-state index contributed by atoms with van der Waals surface area (Å²) in [7, 11) is 1.41. The number of hydrogen-bond donors (Lipinski definition) is 3. The molecule has 1 atom stereocenters. The van der Waals surface area contributed by atoms with Gasteiger partial charge in [-0.15, -0.1) is 11.3 Å². The van der Waals surface area contributed by atoms with Gasteiger partial charge in [-0.25, -0.2) is 15.0 Å². The SMILES string of the molecule is CCNC(=NCc1sc(C)nc1C)NCCC(O)(c1nccn1C)C(F)(F)F. The summed E-state index contributed by atoms with van der Waals surface area (Å²) in [6.07, 6.45) is -2.88. The first-order valence-electron chi connectivity index (χ1n) is 8.80. The predicted octanol–water partition coefficient (Wildman–Crippen LogP) is 2.39. The minimum Gasteiger partial charge on any atom is -0.374 e. The maximum Gasteiger partial charge on any atom is 0.424 e. The third-order valence-corrected chi connectivity index (χ3v) is 5.22. The molecule has 0 saturated carbocycles. The van der Waals surface area contributed by atoms with Gasteiger partial charge in [-0.05, 0) is 20.8 Å². The second kappa shape index (κ2) is 8.91. The summed E-state index contributed by atoms with van der Waals surface area (Å²) >= 11 is 1.53. The van der Waals surface area contributed by atoms with Crippen molar-refractivity contribution < 1.29 is 18.3 Å². The van der Waals surface area contributed by atoms with Crippen LogP contribution in [0, 0.1) is 13.8 Å². The molecule has 0 aliphatic heterocycles. The molecule has 28 heavy (non-hydrogen) atoms. The molecule has 0 aliphatic carbocycles. The van der Waals surface area contributed by atoms with Gasteiger partial charge in [0.1, 0.15) is 5.82 Å². The summed E-state index contributed by atoms with van der Waals surface area (Å²) < 4.78 is 41.8. The Labute approximate surface area is 165 Å². The van der Waals surface area contributed by atoms with E-state index in [4.69, 9.17) is 0 Å². The topological polar surface area (TPSA) is 87.4 Å². The molecule has 2 aromatic rings. The van der Waals surface area contributed by atoms with Crippen molar-refractivity contribution in [2.24, 2.45) is 12.0 Å². The van der Waals surface area contributed by atoms with E-state index >= 15 is 0 Å². The van der Waals surface area contributed by atoms with Gasteiger partial charge in [0.15, 0.2) is 5.96 Å². The van der Waals surface area contributed by atoms with Crippen molar-refractivity contribution in [3.8, 4) is 0 Å². The Bertz CT molecular complexity index is 816. The molecular weight excluding hydrogens is 393 g/mol. The fourth-order valence-corrected chi connectivity index (χ4v) is 3.58. The van der Waals surface area contributed by atoms with Crippen molar-refractivity contribution >= 4 is 17.3 Å². The lowest BCUT2D eigenvalue weighted by Gasteiger charge is -2.30. The largest absolute Gasteiger partial charge is 0.424 e. The number of aromatic nitrogens is 3. The van der Waals surface area contributed by atoms with Gasteiger partial charge in [-0.2, -0.15) is 13.2 Å². The normalized spacial score (nSPS) is 14.8. The number of nitrogens with one attached hydrogen (secondary N) is 2. The fourth-order valence-electron chi connectivity index (χ4n) is 2.72. The third-order valence-electron chi connectivity index (χ3n) is 4.16. The van der Waals surface area contributed by atoms with E-state index in [1.807, 2.05) is 20.8 Å². The Morgan fingerprint density at radius 3 is 2.54 bits per heavy atom. The maximum atomic E-state index is 13.6. The standard InChI is InChI=1S/C17H25F3N6OS/c1-5-21-15(24-10-13-11(2)25-12(3)28-13)23-7-6-16(27,17(18,19)20)14-22-8-9-26(14)4/h8-9,27H,5-7,10H2,1-4H3,(H2,21,23,24). The Morgan fingerprint density at radius 2 is 2.04 bits per heavy atom. The highest BCUT2D eigenvalue weighted by Gasteiger charge is 2.57. The van der Waals surface area contributed by atoms with Crippen LogP contribution in [0.15, 0.2) is 17.4 Å². The van der Waals surface area contributed by atoms with E-state index in [2.05, 4.69) is 25.6 Å². The van der Waals surface area contributed by atoms with Crippen molar-refractivity contribution in [3.05, 3.63) is 33.8 Å². The quantitative estimate of drug-likeness (QED) is 0.475. The van der Waals surface area contributed by atoms with Crippen LogP contribution in [0.2, 0.25) is 0 Å². The maximum absolute atomic E-state index is 13.6. The number of nitrogens with zero attached hydrogens (tertiary/aromatic N) is 4. The lowest BCUT2D eigenvalue weighted by atomic mass is 9.97. The Kier molecular flexibility index (Phi) is 7.05. The first kappa shape index (κ1) is 22.2. The predicted molar refractivity (Wildman–Crippen MR) is 102 cm³/mol. The molecule has 156 valence electrons. The van der Waals surface area contributed by atoms with E-state index in [0.29, 0.717) is 19.0 Å². The van der Waals surface area contributed by atoms with Crippen LogP contribution in [0.5, 0.6) is 0 Å². The highest BCUT2D eigenvalue weighted by Crippen LogP contribution is 2.40.